The van der Waals surface area contributed by atoms with Crippen LogP contribution in [0.15, 0.2) is 17.0 Å². The molecule has 0 fully saturated rings. The van der Waals surface area contributed by atoms with Gasteiger partial charge in [-0.15, -0.1) is 0 Å². The zero-order valence-corrected chi connectivity index (χ0v) is 13.2. The van der Waals surface area contributed by atoms with Gasteiger partial charge in [-0.25, -0.2) is 12.8 Å². The Morgan fingerprint density at radius 3 is 2.57 bits per heavy atom. The maximum atomic E-state index is 14.0. The van der Waals surface area contributed by atoms with Crippen LogP contribution in [0.1, 0.15) is 13.8 Å². The molecule has 0 saturated carbocycles. The van der Waals surface area contributed by atoms with E-state index in [1.807, 2.05) is 0 Å². The lowest BCUT2D eigenvalue weighted by Crippen LogP contribution is -2.36. The van der Waals surface area contributed by atoms with Crippen LogP contribution in [0.4, 0.5) is 10.1 Å². The number of ether oxygens (including phenoxy) is 1. The lowest BCUT2D eigenvalue weighted by Gasteiger charge is -2.20. The van der Waals surface area contributed by atoms with Gasteiger partial charge in [-0.3, -0.25) is 4.79 Å². The molecular formula is C12H16ClFN2O4S. The maximum absolute atomic E-state index is 14.0. The molecule has 1 aromatic carbocycles. The fraction of sp³-hybridized carbons (Fsp3) is 0.417. The fourth-order valence-electron chi connectivity index (χ4n) is 1.63. The van der Waals surface area contributed by atoms with Crippen LogP contribution in [-0.2, 0) is 19.6 Å². The summed E-state index contributed by atoms with van der Waals surface area (Å²) >= 11 is 5.71. The molecule has 2 N–H and O–H groups in total. The Labute approximate surface area is 127 Å². The normalized spacial score (nSPS) is 11.7. The highest BCUT2D eigenvalue weighted by Gasteiger charge is 2.29. The van der Waals surface area contributed by atoms with E-state index in [4.69, 9.17) is 22.1 Å². The zero-order valence-electron chi connectivity index (χ0n) is 11.6. The highest BCUT2D eigenvalue weighted by atomic mass is 35.5. The summed E-state index contributed by atoms with van der Waals surface area (Å²) in [5.41, 5.74) is 4.99. The molecule has 9 heteroatoms. The van der Waals surface area contributed by atoms with E-state index in [0.717, 1.165) is 16.4 Å². The van der Waals surface area contributed by atoms with E-state index >= 15 is 0 Å². The molecule has 0 heterocycles. The first-order valence-electron chi connectivity index (χ1n) is 6.14. The van der Waals surface area contributed by atoms with Crippen LogP contribution in [-0.4, -0.2) is 38.4 Å². The molecule has 0 aliphatic carbocycles. The molecule has 0 unspecified atom stereocenters. The smallest absolute Gasteiger partial charge is 0.321 e. The number of carbonyl (C=O) groups excluding carboxylic acids is 1. The summed E-state index contributed by atoms with van der Waals surface area (Å²) in [6, 6.07) is 2.06. The molecule has 0 bridgehead atoms. The summed E-state index contributed by atoms with van der Waals surface area (Å²) in [5, 5.41) is -0.0142. The van der Waals surface area contributed by atoms with Crippen molar-refractivity contribution in [1.29, 1.82) is 0 Å². The molecule has 21 heavy (non-hydrogen) atoms. The van der Waals surface area contributed by atoms with Gasteiger partial charge in [0.1, 0.15) is 11.4 Å². The molecule has 0 spiro atoms. The summed E-state index contributed by atoms with van der Waals surface area (Å²) < 4.78 is 44.2. The molecule has 0 radical (unpaired) electrons. The van der Waals surface area contributed by atoms with Crippen LogP contribution < -0.4 is 5.73 Å². The predicted molar refractivity (Wildman–Crippen MR) is 76.9 cm³/mol. The number of hydrogen-bond acceptors (Lipinski definition) is 5. The average molecular weight is 339 g/mol. The SMILES string of the molecule is CCOC(=O)CN(CC)S(=O)(=O)c1cc(Cl)cc(N)c1F. The number of sulfonamides is 1. The van der Waals surface area contributed by atoms with Gasteiger partial charge in [0.25, 0.3) is 0 Å². The van der Waals surface area contributed by atoms with Crippen LogP contribution >= 0.6 is 11.6 Å². The first kappa shape index (κ1) is 17.7. The lowest BCUT2D eigenvalue weighted by atomic mass is 10.3. The highest BCUT2D eigenvalue weighted by molar-refractivity contribution is 7.89. The number of carbonyl (C=O) groups is 1. The molecular weight excluding hydrogens is 323 g/mol. The Morgan fingerprint density at radius 1 is 1.43 bits per heavy atom. The van der Waals surface area contributed by atoms with Gasteiger partial charge in [0.15, 0.2) is 5.82 Å². The van der Waals surface area contributed by atoms with Gasteiger partial charge >= 0.3 is 5.97 Å². The van der Waals surface area contributed by atoms with E-state index in [9.17, 15) is 17.6 Å². The fourth-order valence-corrected chi connectivity index (χ4v) is 3.43. The molecule has 118 valence electrons. The highest BCUT2D eigenvalue weighted by Crippen LogP contribution is 2.27. The minimum atomic E-state index is -4.25. The average Bonchev–Trinajstić information content (AvgIpc) is 2.40. The summed E-state index contributed by atoms with van der Waals surface area (Å²) in [6.45, 7) is 2.68. The van der Waals surface area contributed by atoms with Crippen molar-refractivity contribution in [3.8, 4) is 0 Å². The van der Waals surface area contributed by atoms with E-state index in [-0.39, 0.29) is 23.9 Å². The van der Waals surface area contributed by atoms with Crippen molar-refractivity contribution < 1.29 is 22.3 Å². The second-order valence-corrected chi connectivity index (χ2v) is 6.39. The van der Waals surface area contributed by atoms with Crippen LogP contribution in [0.2, 0.25) is 5.02 Å². The van der Waals surface area contributed by atoms with Gasteiger partial charge < -0.3 is 10.5 Å². The molecule has 0 aliphatic heterocycles. The minimum Gasteiger partial charge on any atom is -0.465 e. The van der Waals surface area contributed by atoms with Gasteiger partial charge in [0.2, 0.25) is 10.0 Å². The van der Waals surface area contributed by atoms with Gasteiger partial charge in [0, 0.05) is 11.6 Å². The largest absolute Gasteiger partial charge is 0.465 e. The second-order valence-electron chi connectivity index (χ2n) is 4.04. The Bertz CT molecular complexity index is 636. The van der Waals surface area contributed by atoms with E-state index in [1.165, 1.54) is 6.92 Å². The number of anilines is 1. The number of rotatable bonds is 6. The number of nitrogens with two attached hydrogens (primary N) is 1. The molecule has 1 aromatic rings. The Balaban J connectivity index is 3.22. The van der Waals surface area contributed by atoms with Gasteiger partial charge in [-0.1, -0.05) is 18.5 Å². The Morgan fingerprint density at radius 2 is 2.05 bits per heavy atom. The van der Waals surface area contributed by atoms with Crippen molar-refractivity contribution in [3.05, 3.63) is 23.0 Å². The molecule has 0 atom stereocenters. The number of nitrogen functional groups attached to an aromatic ring is 1. The first-order chi connectivity index (χ1) is 9.73. The third kappa shape index (κ3) is 4.05. The van der Waals surface area contributed by atoms with E-state index in [1.54, 1.807) is 6.92 Å². The third-order valence-electron chi connectivity index (χ3n) is 2.61. The van der Waals surface area contributed by atoms with E-state index < -0.39 is 33.3 Å². The van der Waals surface area contributed by atoms with E-state index in [2.05, 4.69) is 0 Å². The van der Waals surface area contributed by atoms with Crippen LogP contribution in [0.5, 0.6) is 0 Å². The summed E-state index contributed by atoms with van der Waals surface area (Å²) in [5.74, 6) is -1.82. The second kappa shape index (κ2) is 7.06. The van der Waals surface area contributed by atoms with Crippen LogP contribution in [0.25, 0.3) is 0 Å². The number of hydrogen-bond donors (Lipinski definition) is 1. The molecule has 0 amide bonds. The van der Waals surface area contributed by atoms with Crippen molar-refractivity contribution in [3.63, 3.8) is 0 Å². The van der Waals surface area contributed by atoms with Gasteiger partial charge in [-0.05, 0) is 19.1 Å². The van der Waals surface area contributed by atoms with Crippen molar-refractivity contribution in [2.24, 2.45) is 0 Å². The standard InChI is InChI=1S/C12H16ClFN2O4S/c1-3-16(7-11(17)20-4-2)21(18,19)10-6-8(13)5-9(15)12(10)14/h5-6H,3-4,7,15H2,1-2H3. The molecule has 6 nitrogen and oxygen atoms in total. The van der Waals surface area contributed by atoms with Crippen LogP contribution in [0, 0.1) is 5.82 Å². The van der Waals surface area contributed by atoms with Crippen molar-refractivity contribution in [1.82, 2.24) is 4.31 Å². The lowest BCUT2D eigenvalue weighted by molar-refractivity contribution is -0.143. The first-order valence-corrected chi connectivity index (χ1v) is 7.96. The van der Waals surface area contributed by atoms with E-state index in [0.29, 0.717) is 0 Å². The molecule has 0 aliphatic rings. The minimum absolute atomic E-state index is 0.0142. The summed E-state index contributed by atoms with van der Waals surface area (Å²) in [4.78, 5) is 10.8. The van der Waals surface area contributed by atoms with Crippen molar-refractivity contribution in [2.75, 3.05) is 25.4 Å². The number of halogens is 2. The summed E-state index contributed by atoms with van der Waals surface area (Å²) in [6.07, 6.45) is 0. The monoisotopic (exact) mass is 338 g/mol. The molecule has 0 aromatic heterocycles. The summed E-state index contributed by atoms with van der Waals surface area (Å²) in [7, 11) is -4.25. The number of esters is 1. The Hall–Kier alpha value is -1.38. The number of nitrogens with zero attached hydrogens (tertiary/aromatic N) is 1. The van der Waals surface area contributed by atoms with Crippen LogP contribution in [0.3, 0.4) is 0 Å². The van der Waals surface area contributed by atoms with Crippen molar-refractivity contribution >= 4 is 33.3 Å². The molecule has 1 rings (SSSR count). The Kier molecular flexibility index (Phi) is 5.94. The third-order valence-corrected chi connectivity index (χ3v) is 4.75. The van der Waals surface area contributed by atoms with Gasteiger partial charge in [-0.2, -0.15) is 4.31 Å². The van der Waals surface area contributed by atoms with Crippen molar-refractivity contribution in [2.45, 2.75) is 18.7 Å². The maximum Gasteiger partial charge on any atom is 0.321 e. The number of benzene rings is 1. The van der Waals surface area contributed by atoms with Gasteiger partial charge in [0.05, 0.1) is 12.3 Å². The quantitative estimate of drug-likeness (QED) is 0.629. The topological polar surface area (TPSA) is 89.7 Å². The predicted octanol–water partition coefficient (Wildman–Crippen LogP) is 1.64. The zero-order chi connectivity index (χ0) is 16.2. The number of likely N-dealkylation sites (N-methyl/N-ethyl adjacent to an activating group) is 1. The molecule has 0 saturated heterocycles.